The van der Waals surface area contributed by atoms with E-state index in [1.54, 1.807) is 6.20 Å². The fourth-order valence-corrected chi connectivity index (χ4v) is 2.69. The van der Waals surface area contributed by atoms with Crippen LogP contribution >= 0.6 is 0 Å². The highest BCUT2D eigenvalue weighted by Crippen LogP contribution is 2.24. The lowest BCUT2D eigenvalue weighted by Crippen LogP contribution is -2.03. The minimum atomic E-state index is 0.535. The second-order valence-corrected chi connectivity index (χ2v) is 5.98. The molecule has 0 spiro atoms. The Kier molecular flexibility index (Phi) is 4.62. The highest BCUT2D eigenvalue weighted by molar-refractivity contribution is 5.67. The molecule has 124 valence electrons. The molecule has 0 aliphatic rings. The van der Waals surface area contributed by atoms with Crippen LogP contribution in [-0.2, 0) is 6.54 Å². The lowest BCUT2D eigenvalue weighted by Gasteiger charge is -2.10. The molecule has 5 heteroatoms. The molecule has 5 nitrogen and oxygen atoms in total. The molecule has 0 unspecified atom stereocenters. The Morgan fingerprint density at radius 2 is 1.80 bits per heavy atom. The number of anilines is 2. The van der Waals surface area contributed by atoms with Gasteiger partial charge in [0.25, 0.3) is 0 Å². The number of pyridine rings is 2. The van der Waals surface area contributed by atoms with E-state index < -0.39 is 0 Å². The van der Waals surface area contributed by atoms with Crippen LogP contribution in [0.5, 0.6) is 0 Å². The average molecular weight is 329 g/mol. The lowest BCUT2D eigenvalue weighted by molar-refractivity contribution is 1.09. The van der Waals surface area contributed by atoms with Crippen molar-refractivity contribution in [3.63, 3.8) is 0 Å². The number of benzene rings is 1. The van der Waals surface area contributed by atoms with Crippen molar-refractivity contribution in [3.8, 4) is 17.2 Å². The van der Waals surface area contributed by atoms with Gasteiger partial charge < -0.3 is 11.1 Å². The first-order valence-corrected chi connectivity index (χ1v) is 7.99. The largest absolute Gasteiger partial charge is 0.384 e. The second kappa shape index (κ2) is 7.02. The summed E-state index contributed by atoms with van der Waals surface area (Å²) in [7, 11) is 0. The molecule has 3 rings (SSSR count). The van der Waals surface area contributed by atoms with Crippen LogP contribution in [0, 0.1) is 25.2 Å². The van der Waals surface area contributed by atoms with Crippen molar-refractivity contribution in [2.24, 2.45) is 0 Å². The zero-order chi connectivity index (χ0) is 17.8. The third kappa shape index (κ3) is 3.75. The van der Waals surface area contributed by atoms with Crippen LogP contribution in [0.15, 0.2) is 48.8 Å². The Labute approximate surface area is 147 Å². The van der Waals surface area contributed by atoms with Gasteiger partial charge in [-0.2, -0.15) is 5.26 Å². The first-order valence-electron chi connectivity index (χ1n) is 7.99. The van der Waals surface area contributed by atoms with Gasteiger partial charge in [-0.15, -0.1) is 0 Å². The molecule has 0 saturated carbocycles. The van der Waals surface area contributed by atoms with Crippen LogP contribution in [0.3, 0.4) is 0 Å². The Bertz CT molecular complexity index is 939. The van der Waals surface area contributed by atoms with Crippen LogP contribution in [0.4, 0.5) is 11.6 Å². The van der Waals surface area contributed by atoms with Gasteiger partial charge >= 0.3 is 0 Å². The Balaban J connectivity index is 1.72. The Morgan fingerprint density at radius 3 is 2.44 bits per heavy atom. The molecule has 0 aliphatic heterocycles. The number of rotatable bonds is 4. The van der Waals surface area contributed by atoms with Crippen molar-refractivity contribution in [1.82, 2.24) is 9.97 Å². The maximum Gasteiger partial charge on any atom is 0.129 e. The summed E-state index contributed by atoms with van der Waals surface area (Å²) >= 11 is 0. The minimum Gasteiger partial charge on any atom is -0.384 e. The molecule has 0 fully saturated rings. The predicted molar refractivity (Wildman–Crippen MR) is 99.8 cm³/mol. The molecule has 0 aliphatic carbocycles. The summed E-state index contributed by atoms with van der Waals surface area (Å²) in [6.45, 7) is 4.64. The van der Waals surface area contributed by atoms with Gasteiger partial charge in [0.05, 0.1) is 5.56 Å². The molecule has 0 atom stereocenters. The van der Waals surface area contributed by atoms with E-state index in [4.69, 9.17) is 11.0 Å². The van der Waals surface area contributed by atoms with Gasteiger partial charge in [0.2, 0.25) is 0 Å². The molecule has 0 radical (unpaired) electrons. The average Bonchev–Trinajstić information content (AvgIpc) is 2.61. The van der Waals surface area contributed by atoms with Gasteiger partial charge in [0.15, 0.2) is 0 Å². The molecular weight excluding hydrogens is 310 g/mol. The van der Waals surface area contributed by atoms with E-state index in [0.717, 1.165) is 33.6 Å². The molecule has 0 bridgehead atoms. The van der Waals surface area contributed by atoms with E-state index in [1.165, 1.54) is 0 Å². The van der Waals surface area contributed by atoms with E-state index in [9.17, 15) is 0 Å². The number of hydrogen-bond donors (Lipinski definition) is 2. The standard InChI is InChI=1S/C20H19N5/c1-13-8-19(22)23-12-18(13)17-5-3-15(4-6-17)10-24-20-14(2)7-16(9-21)11-25-20/h3-8,11-12H,10H2,1-2H3,(H2,22,23)(H,24,25). The van der Waals surface area contributed by atoms with Crippen LogP contribution in [0.25, 0.3) is 11.1 Å². The molecular formula is C20H19N5. The maximum atomic E-state index is 8.89. The first-order chi connectivity index (χ1) is 12.1. The highest BCUT2D eigenvalue weighted by atomic mass is 15.0. The van der Waals surface area contributed by atoms with Crippen molar-refractivity contribution in [2.75, 3.05) is 11.1 Å². The summed E-state index contributed by atoms with van der Waals surface area (Å²) < 4.78 is 0. The van der Waals surface area contributed by atoms with Crippen LogP contribution in [0.2, 0.25) is 0 Å². The molecule has 3 aromatic rings. The van der Waals surface area contributed by atoms with Gasteiger partial charge in [0.1, 0.15) is 17.7 Å². The fourth-order valence-electron chi connectivity index (χ4n) is 2.69. The fraction of sp³-hybridized carbons (Fsp3) is 0.150. The zero-order valence-corrected chi connectivity index (χ0v) is 14.2. The van der Waals surface area contributed by atoms with Crippen molar-refractivity contribution >= 4 is 11.6 Å². The van der Waals surface area contributed by atoms with E-state index in [0.29, 0.717) is 17.9 Å². The number of nitrogens with two attached hydrogens (primary N) is 1. The maximum absolute atomic E-state index is 8.89. The topological polar surface area (TPSA) is 87.6 Å². The first kappa shape index (κ1) is 16.5. The van der Waals surface area contributed by atoms with Gasteiger partial charge in [-0.05, 0) is 48.2 Å². The summed E-state index contributed by atoms with van der Waals surface area (Å²) in [5.41, 5.74) is 11.7. The highest BCUT2D eigenvalue weighted by Gasteiger charge is 2.05. The van der Waals surface area contributed by atoms with Crippen molar-refractivity contribution in [1.29, 1.82) is 5.26 Å². The van der Waals surface area contributed by atoms with Crippen molar-refractivity contribution in [3.05, 3.63) is 71.0 Å². The summed E-state index contributed by atoms with van der Waals surface area (Å²) in [6, 6.07) is 14.1. The summed E-state index contributed by atoms with van der Waals surface area (Å²) in [5.74, 6) is 1.33. The normalized spacial score (nSPS) is 10.3. The third-order valence-electron chi connectivity index (χ3n) is 4.06. The van der Waals surface area contributed by atoms with E-state index in [-0.39, 0.29) is 0 Å². The lowest BCUT2D eigenvalue weighted by atomic mass is 10.0. The molecule has 3 N–H and O–H groups in total. The summed E-state index contributed by atoms with van der Waals surface area (Å²) in [6.07, 6.45) is 3.39. The van der Waals surface area contributed by atoms with Crippen LogP contribution < -0.4 is 11.1 Å². The molecule has 1 aromatic carbocycles. The Morgan fingerprint density at radius 1 is 1.04 bits per heavy atom. The van der Waals surface area contributed by atoms with E-state index >= 15 is 0 Å². The number of nitriles is 1. The minimum absolute atomic E-state index is 0.535. The van der Waals surface area contributed by atoms with Crippen LogP contribution in [-0.4, -0.2) is 9.97 Å². The summed E-state index contributed by atoms with van der Waals surface area (Å²) in [4.78, 5) is 8.47. The molecule has 2 aromatic heterocycles. The number of nitrogens with zero attached hydrogens (tertiary/aromatic N) is 3. The van der Waals surface area contributed by atoms with Gasteiger partial charge in [-0.3, -0.25) is 0 Å². The number of aromatic nitrogens is 2. The quantitative estimate of drug-likeness (QED) is 0.759. The third-order valence-corrected chi connectivity index (χ3v) is 4.06. The smallest absolute Gasteiger partial charge is 0.129 e. The number of hydrogen-bond acceptors (Lipinski definition) is 5. The van der Waals surface area contributed by atoms with E-state index in [2.05, 4.69) is 45.6 Å². The van der Waals surface area contributed by atoms with Gasteiger partial charge in [-0.25, -0.2) is 9.97 Å². The summed E-state index contributed by atoms with van der Waals surface area (Å²) in [5, 5.41) is 12.2. The van der Waals surface area contributed by atoms with Crippen molar-refractivity contribution < 1.29 is 0 Å². The monoisotopic (exact) mass is 329 g/mol. The number of aryl methyl sites for hydroxylation is 2. The predicted octanol–water partition coefficient (Wildman–Crippen LogP) is 3.83. The van der Waals surface area contributed by atoms with Gasteiger partial charge in [0, 0.05) is 24.5 Å². The molecule has 2 heterocycles. The van der Waals surface area contributed by atoms with Gasteiger partial charge in [-0.1, -0.05) is 24.3 Å². The Hall–Kier alpha value is -3.39. The number of nitrogens with one attached hydrogen (secondary N) is 1. The number of nitrogen functional groups attached to an aromatic ring is 1. The molecule has 0 amide bonds. The SMILES string of the molecule is Cc1cc(N)ncc1-c1ccc(CNc2ncc(C#N)cc2C)cc1. The van der Waals surface area contributed by atoms with Crippen LogP contribution in [0.1, 0.15) is 22.3 Å². The molecule has 25 heavy (non-hydrogen) atoms. The zero-order valence-electron chi connectivity index (χ0n) is 14.2. The second-order valence-electron chi connectivity index (χ2n) is 5.98. The van der Waals surface area contributed by atoms with E-state index in [1.807, 2.05) is 32.2 Å². The van der Waals surface area contributed by atoms with Crippen molar-refractivity contribution in [2.45, 2.75) is 20.4 Å². The molecule has 0 saturated heterocycles.